The first-order valence-electron chi connectivity index (χ1n) is 5.70. The zero-order valence-corrected chi connectivity index (χ0v) is 12.0. The van der Waals surface area contributed by atoms with Gasteiger partial charge >= 0.3 is 0 Å². The number of hydrogen-bond acceptors (Lipinski definition) is 1. The summed E-state index contributed by atoms with van der Waals surface area (Å²) in [5.41, 5.74) is 2.63. The van der Waals surface area contributed by atoms with Crippen molar-refractivity contribution < 1.29 is 0 Å². The first-order valence-corrected chi connectivity index (χ1v) is 6.78. The number of anilines is 1. The van der Waals surface area contributed by atoms with Gasteiger partial charge in [-0.2, -0.15) is 0 Å². The Morgan fingerprint density at radius 1 is 1.33 bits per heavy atom. The van der Waals surface area contributed by atoms with Crippen LogP contribution in [-0.2, 0) is 0 Å². The smallest absolute Gasteiger partial charge is 0.0372 e. The molecule has 0 radical (unpaired) electrons. The minimum atomic E-state index is 0.619. The molecule has 0 aliphatic rings. The molecule has 0 amide bonds. The van der Waals surface area contributed by atoms with E-state index in [2.05, 4.69) is 66.9 Å². The molecule has 84 valence electrons. The lowest BCUT2D eigenvalue weighted by molar-refractivity contribution is 0.622. The molecular formula is C13H20IN. The molecule has 0 saturated heterocycles. The van der Waals surface area contributed by atoms with E-state index in [-0.39, 0.29) is 0 Å². The van der Waals surface area contributed by atoms with Gasteiger partial charge in [0.25, 0.3) is 0 Å². The Labute approximate surface area is 107 Å². The summed E-state index contributed by atoms with van der Waals surface area (Å²) in [6, 6.07) is 7.19. The van der Waals surface area contributed by atoms with E-state index in [9.17, 15) is 0 Å². The first kappa shape index (κ1) is 12.8. The van der Waals surface area contributed by atoms with E-state index >= 15 is 0 Å². The molecule has 0 fully saturated rings. The summed E-state index contributed by atoms with van der Waals surface area (Å²) in [4.78, 5) is 0. The summed E-state index contributed by atoms with van der Waals surface area (Å²) in [6.45, 7) is 6.66. The summed E-state index contributed by atoms with van der Waals surface area (Å²) < 4.78 is 1.30. The number of halogens is 1. The highest BCUT2D eigenvalue weighted by Crippen LogP contribution is 2.20. The molecule has 1 unspecified atom stereocenters. The predicted octanol–water partition coefficient (Wildman–Crippen LogP) is 4.59. The van der Waals surface area contributed by atoms with Crippen LogP contribution in [0.4, 0.5) is 5.69 Å². The molecule has 1 rings (SSSR count). The normalized spacial score (nSPS) is 12.5. The van der Waals surface area contributed by atoms with Gasteiger partial charge in [0.1, 0.15) is 0 Å². The van der Waals surface area contributed by atoms with E-state index in [1.165, 1.54) is 34.1 Å². The lowest BCUT2D eigenvalue weighted by Crippen LogP contribution is -2.18. The average Bonchev–Trinajstić information content (AvgIpc) is 2.21. The number of aryl methyl sites for hydroxylation is 1. The summed E-state index contributed by atoms with van der Waals surface area (Å²) >= 11 is 2.35. The lowest BCUT2D eigenvalue weighted by Gasteiger charge is -2.19. The Bertz CT molecular complexity index is 309. The van der Waals surface area contributed by atoms with Crippen LogP contribution in [0.3, 0.4) is 0 Å². The van der Waals surface area contributed by atoms with E-state index < -0.39 is 0 Å². The number of hydrogen-bond donors (Lipinski definition) is 1. The fraction of sp³-hybridized carbons (Fsp3) is 0.538. The lowest BCUT2D eigenvalue weighted by atomic mass is 10.1. The van der Waals surface area contributed by atoms with Crippen LogP contribution in [-0.4, -0.2) is 6.04 Å². The molecule has 0 aliphatic carbocycles. The van der Waals surface area contributed by atoms with Crippen molar-refractivity contribution in [1.29, 1.82) is 0 Å². The first-order chi connectivity index (χ1) is 7.17. The van der Waals surface area contributed by atoms with Crippen LogP contribution < -0.4 is 5.32 Å². The van der Waals surface area contributed by atoms with E-state index in [0.29, 0.717) is 6.04 Å². The Balaban J connectivity index is 2.70. The molecule has 0 heterocycles. The van der Waals surface area contributed by atoms with Crippen LogP contribution in [0.5, 0.6) is 0 Å². The van der Waals surface area contributed by atoms with Crippen LogP contribution in [0.2, 0.25) is 0 Å². The second-order valence-electron chi connectivity index (χ2n) is 4.00. The third-order valence-electron chi connectivity index (χ3n) is 2.68. The predicted molar refractivity (Wildman–Crippen MR) is 76.5 cm³/mol. The minimum Gasteiger partial charge on any atom is -0.382 e. The SMILES string of the molecule is CCCC(CC)Nc1ccc(I)cc1C. The Morgan fingerprint density at radius 2 is 2.07 bits per heavy atom. The van der Waals surface area contributed by atoms with Gasteiger partial charge < -0.3 is 5.32 Å². The van der Waals surface area contributed by atoms with E-state index in [0.717, 1.165) is 0 Å². The highest BCUT2D eigenvalue weighted by molar-refractivity contribution is 14.1. The molecule has 0 saturated carbocycles. The van der Waals surface area contributed by atoms with E-state index in [1.807, 2.05) is 0 Å². The van der Waals surface area contributed by atoms with Crippen molar-refractivity contribution in [2.24, 2.45) is 0 Å². The third kappa shape index (κ3) is 4.01. The largest absolute Gasteiger partial charge is 0.382 e. The van der Waals surface area contributed by atoms with Gasteiger partial charge in [-0.25, -0.2) is 0 Å². The van der Waals surface area contributed by atoms with Gasteiger partial charge in [0.05, 0.1) is 0 Å². The van der Waals surface area contributed by atoms with Crippen molar-refractivity contribution in [2.75, 3.05) is 5.32 Å². The molecular weight excluding hydrogens is 297 g/mol. The van der Waals surface area contributed by atoms with Gasteiger partial charge in [0.15, 0.2) is 0 Å². The Kier molecular flexibility index (Phi) is 5.43. The molecule has 0 spiro atoms. The third-order valence-corrected chi connectivity index (χ3v) is 3.35. The highest BCUT2D eigenvalue weighted by atomic mass is 127. The van der Waals surface area contributed by atoms with E-state index in [1.54, 1.807) is 0 Å². The van der Waals surface area contributed by atoms with Crippen LogP contribution in [0.15, 0.2) is 18.2 Å². The Hall–Kier alpha value is -0.250. The zero-order chi connectivity index (χ0) is 11.3. The van der Waals surface area contributed by atoms with Gasteiger partial charge in [0, 0.05) is 15.3 Å². The molecule has 15 heavy (non-hydrogen) atoms. The van der Waals surface area contributed by atoms with Crippen molar-refractivity contribution in [2.45, 2.75) is 46.1 Å². The topological polar surface area (TPSA) is 12.0 Å². The maximum atomic E-state index is 3.62. The average molecular weight is 317 g/mol. The zero-order valence-electron chi connectivity index (χ0n) is 9.81. The van der Waals surface area contributed by atoms with Crippen molar-refractivity contribution in [1.82, 2.24) is 0 Å². The molecule has 1 N–H and O–H groups in total. The van der Waals surface area contributed by atoms with Crippen molar-refractivity contribution in [3.63, 3.8) is 0 Å². The monoisotopic (exact) mass is 317 g/mol. The van der Waals surface area contributed by atoms with Crippen LogP contribution in [0.25, 0.3) is 0 Å². The second kappa shape index (κ2) is 6.36. The molecule has 1 atom stereocenters. The number of nitrogens with one attached hydrogen (secondary N) is 1. The van der Waals surface area contributed by atoms with Gasteiger partial charge in [-0.3, -0.25) is 0 Å². The Morgan fingerprint density at radius 3 is 2.60 bits per heavy atom. The van der Waals surface area contributed by atoms with Crippen molar-refractivity contribution in [3.05, 3.63) is 27.3 Å². The molecule has 0 bridgehead atoms. The van der Waals surface area contributed by atoms with Crippen LogP contribution in [0, 0.1) is 10.5 Å². The van der Waals surface area contributed by atoms with Crippen LogP contribution >= 0.6 is 22.6 Å². The minimum absolute atomic E-state index is 0.619. The number of rotatable bonds is 5. The maximum Gasteiger partial charge on any atom is 0.0372 e. The fourth-order valence-electron chi connectivity index (χ4n) is 1.74. The van der Waals surface area contributed by atoms with Gasteiger partial charge in [0.2, 0.25) is 0 Å². The second-order valence-corrected chi connectivity index (χ2v) is 5.24. The molecule has 1 aromatic rings. The fourth-order valence-corrected chi connectivity index (χ4v) is 2.38. The summed E-state index contributed by atoms with van der Waals surface area (Å²) in [6.07, 6.45) is 3.69. The quantitative estimate of drug-likeness (QED) is 0.783. The van der Waals surface area contributed by atoms with Crippen molar-refractivity contribution >= 4 is 28.3 Å². The molecule has 2 heteroatoms. The highest BCUT2D eigenvalue weighted by Gasteiger charge is 2.06. The maximum absolute atomic E-state index is 3.62. The van der Waals surface area contributed by atoms with E-state index in [4.69, 9.17) is 0 Å². The molecule has 0 aliphatic heterocycles. The molecule has 1 aromatic carbocycles. The molecule has 0 aromatic heterocycles. The van der Waals surface area contributed by atoms with Gasteiger partial charge in [-0.1, -0.05) is 20.3 Å². The van der Waals surface area contributed by atoms with Gasteiger partial charge in [-0.05, 0) is 66.1 Å². The van der Waals surface area contributed by atoms with Crippen molar-refractivity contribution in [3.8, 4) is 0 Å². The number of benzene rings is 1. The van der Waals surface area contributed by atoms with Gasteiger partial charge in [-0.15, -0.1) is 0 Å². The summed E-state index contributed by atoms with van der Waals surface area (Å²) in [5, 5.41) is 3.62. The van der Waals surface area contributed by atoms with Crippen LogP contribution in [0.1, 0.15) is 38.7 Å². The molecule has 1 nitrogen and oxygen atoms in total. The summed E-state index contributed by atoms with van der Waals surface area (Å²) in [5.74, 6) is 0. The standard InChI is InChI=1S/C13H20IN/c1-4-6-12(5-2)15-13-8-7-11(14)9-10(13)3/h7-9,12,15H,4-6H2,1-3H3. The summed E-state index contributed by atoms with van der Waals surface area (Å²) in [7, 11) is 0.